The van der Waals surface area contributed by atoms with Gasteiger partial charge in [0.15, 0.2) is 0 Å². The fourth-order valence-corrected chi connectivity index (χ4v) is 2.01. The summed E-state index contributed by atoms with van der Waals surface area (Å²) in [5, 5.41) is 13.4. The molecule has 1 aromatic rings. The molecule has 0 amide bonds. The van der Waals surface area contributed by atoms with Gasteiger partial charge in [0.25, 0.3) is 0 Å². The third-order valence-electron chi connectivity index (χ3n) is 2.45. The first-order chi connectivity index (χ1) is 7.24. The molecule has 2 nitrogen and oxygen atoms in total. The van der Waals surface area contributed by atoms with E-state index in [1.54, 1.807) is 0 Å². The van der Waals surface area contributed by atoms with Crippen LogP contribution in [0.2, 0.25) is 5.02 Å². The lowest BCUT2D eigenvalue weighted by atomic mass is 10.0. The quantitative estimate of drug-likeness (QED) is 0.750. The van der Waals surface area contributed by atoms with E-state index >= 15 is 0 Å². The number of hydrogen-bond donors (Lipinski definition) is 2. The van der Waals surface area contributed by atoms with E-state index in [0.29, 0.717) is 6.54 Å². The average molecular weight is 224 g/mol. The molecule has 1 unspecified atom stereocenters. The van der Waals surface area contributed by atoms with Gasteiger partial charge in [-0.2, -0.15) is 0 Å². The molecule has 2 N–H and O–H groups in total. The van der Waals surface area contributed by atoms with Crippen LogP contribution in [0.4, 0.5) is 0 Å². The summed E-state index contributed by atoms with van der Waals surface area (Å²) < 4.78 is 0. The molecule has 80 valence electrons. The van der Waals surface area contributed by atoms with E-state index in [4.69, 9.17) is 11.6 Å². The summed E-state index contributed by atoms with van der Waals surface area (Å²) in [5.74, 6) is 0. The standard InChI is InChI=1S/C12H14ClNO/c13-11-3-1-2-9(5-11)4-10-6-12(15)8-14-7-10/h1-3,5-6,12,14-15H,4,7-8H2. The van der Waals surface area contributed by atoms with Crippen molar-refractivity contribution < 1.29 is 5.11 Å². The number of aliphatic hydroxyl groups is 1. The predicted molar refractivity (Wildman–Crippen MR) is 62.1 cm³/mol. The monoisotopic (exact) mass is 223 g/mol. The van der Waals surface area contributed by atoms with Gasteiger partial charge in [-0.3, -0.25) is 0 Å². The molecule has 0 bridgehead atoms. The van der Waals surface area contributed by atoms with Gasteiger partial charge in [0.05, 0.1) is 6.10 Å². The SMILES string of the molecule is OC1C=C(Cc2cccc(Cl)c2)CNC1. The molecule has 1 heterocycles. The number of nitrogens with one attached hydrogen (secondary N) is 1. The minimum Gasteiger partial charge on any atom is -0.388 e. The molecule has 0 aliphatic carbocycles. The van der Waals surface area contributed by atoms with Gasteiger partial charge >= 0.3 is 0 Å². The van der Waals surface area contributed by atoms with E-state index < -0.39 is 0 Å². The zero-order valence-electron chi connectivity index (χ0n) is 8.41. The Morgan fingerprint density at radius 1 is 1.47 bits per heavy atom. The Morgan fingerprint density at radius 3 is 3.07 bits per heavy atom. The normalized spacial score (nSPS) is 21.2. The van der Waals surface area contributed by atoms with Crippen LogP contribution in [-0.4, -0.2) is 24.3 Å². The lowest BCUT2D eigenvalue weighted by Gasteiger charge is -2.18. The Bertz CT molecular complexity index is 376. The van der Waals surface area contributed by atoms with Crippen molar-refractivity contribution in [1.82, 2.24) is 5.32 Å². The van der Waals surface area contributed by atoms with Crippen molar-refractivity contribution in [2.75, 3.05) is 13.1 Å². The van der Waals surface area contributed by atoms with E-state index in [2.05, 4.69) is 5.32 Å². The first-order valence-electron chi connectivity index (χ1n) is 5.07. The maximum absolute atomic E-state index is 9.45. The van der Waals surface area contributed by atoms with Crippen molar-refractivity contribution in [2.45, 2.75) is 12.5 Å². The summed E-state index contributed by atoms with van der Waals surface area (Å²) in [7, 11) is 0. The molecule has 1 atom stereocenters. The van der Waals surface area contributed by atoms with E-state index in [1.165, 1.54) is 11.1 Å². The fourth-order valence-electron chi connectivity index (χ4n) is 1.80. The second-order valence-electron chi connectivity index (χ2n) is 3.83. The van der Waals surface area contributed by atoms with Gasteiger partial charge in [0, 0.05) is 18.1 Å². The van der Waals surface area contributed by atoms with Crippen LogP contribution in [-0.2, 0) is 6.42 Å². The number of halogens is 1. The van der Waals surface area contributed by atoms with Gasteiger partial charge in [-0.05, 0) is 24.1 Å². The van der Waals surface area contributed by atoms with Crippen LogP contribution in [0.5, 0.6) is 0 Å². The molecule has 15 heavy (non-hydrogen) atoms. The molecule has 0 fully saturated rings. The highest BCUT2D eigenvalue weighted by Gasteiger charge is 2.10. The predicted octanol–water partition coefficient (Wildman–Crippen LogP) is 1.77. The Labute approximate surface area is 94.6 Å². The van der Waals surface area contributed by atoms with Gasteiger partial charge in [0.2, 0.25) is 0 Å². The van der Waals surface area contributed by atoms with Gasteiger partial charge in [-0.25, -0.2) is 0 Å². The maximum Gasteiger partial charge on any atom is 0.0848 e. The molecule has 0 saturated heterocycles. The van der Waals surface area contributed by atoms with Gasteiger partial charge in [-0.1, -0.05) is 35.4 Å². The van der Waals surface area contributed by atoms with Crippen molar-refractivity contribution in [3.8, 4) is 0 Å². The number of aliphatic hydroxyl groups excluding tert-OH is 1. The first kappa shape index (κ1) is 10.7. The number of benzene rings is 1. The minimum atomic E-state index is -0.354. The van der Waals surface area contributed by atoms with Crippen LogP contribution in [0.15, 0.2) is 35.9 Å². The summed E-state index contributed by atoms with van der Waals surface area (Å²) in [5.41, 5.74) is 2.40. The van der Waals surface area contributed by atoms with Gasteiger partial charge in [-0.15, -0.1) is 0 Å². The van der Waals surface area contributed by atoms with Crippen LogP contribution in [0.1, 0.15) is 5.56 Å². The van der Waals surface area contributed by atoms with Crippen molar-refractivity contribution in [3.05, 3.63) is 46.5 Å². The molecular weight excluding hydrogens is 210 g/mol. The number of β-amino-alcohol motifs (C(OH)–C–C–N with tert-alkyl or cyclic N) is 1. The Kier molecular flexibility index (Phi) is 3.41. The summed E-state index contributed by atoms with van der Waals surface area (Å²) >= 11 is 5.91. The van der Waals surface area contributed by atoms with Crippen LogP contribution >= 0.6 is 11.6 Å². The molecule has 0 saturated carbocycles. The summed E-state index contributed by atoms with van der Waals surface area (Å²) in [4.78, 5) is 0. The molecule has 0 spiro atoms. The Hall–Kier alpha value is -0.830. The molecule has 2 rings (SSSR count). The van der Waals surface area contributed by atoms with Crippen molar-refractivity contribution >= 4 is 11.6 Å². The second-order valence-corrected chi connectivity index (χ2v) is 4.27. The first-order valence-corrected chi connectivity index (χ1v) is 5.44. The van der Waals surface area contributed by atoms with Crippen LogP contribution in [0.3, 0.4) is 0 Å². The minimum absolute atomic E-state index is 0.354. The lowest BCUT2D eigenvalue weighted by Crippen LogP contribution is -2.32. The number of rotatable bonds is 2. The van der Waals surface area contributed by atoms with E-state index in [-0.39, 0.29) is 6.10 Å². The number of hydrogen-bond acceptors (Lipinski definition) is 2. The van der Waals surface area contributed by atoms with Gasteiger partial charge < -0.3 is 10.4 Å². The highest BCUT2D eigenvalue weighted by Crippen LogP contribution is 2.15. The topological polar surface area (TPSA) is 32.3 Å². The van der Waals surface area contributed by atoms with E-state index in [9.17, 15) is 5.11 Å². The van der Waals surface area contributed by atoms with E-state index in [1.807, 2.05) is 30.3 Å². The smallest absolute Gasteiger partial charge is 0.0848 e. The molecule has 1 aromatic carbocycles. The summed E-state index contributed by atoms with van der Waals surface area (Å²) in [6.07, 6.45) is 2.43. The van der Waals surface area contributed by atoms with Crippen LogP contribution in [0, 0.1) is 0 Å². The van der Waals surface area contributed by atoms with Gasteiger partial charge in [0.1, 0.15) is 0 Å². The fraction of sp³-hybridized carbons (Fsp3) is 0.333. The summed E-state index contributed by atoms with van der Waals surface area (Å²) in [6.45, 7) is 1.50. The van der Waals surface area contributed by atoms with Crippen LogP contribution in [0.25, 0.3) is 0 Å². The average Bonchev–Trinajstić information content (AvgIpc) is 2.17. The summed E-state index contributed by atoms with van der Waals surface area (Å²) in [6, 6.07) is 7.83. The molecular formula is C12H14ClNO. The lowest BCUT2D eigenvalue weighted by molar-refractivity contribution is 0.213. The zero-order valence-corrected chi connectivity index (χ0v) is 9.17. The Morgan fingerprint density at radius 2 is 2.33 bits per heavy atom. The highest BCUT2D eigenvalue weighted by atomic mass is 35.5. The van der Waals surface area contributed by atoms with Crippen molar-refractivity contribution in [1.29, 1.82) is 0 Å². The van der Waals surface area contributed by atoms with Crippen LogP contribution < -0.4 is 5.32 Å². The molecule has 1 aliphatic rings. The molecule has 3 heteroatoms. The zero-order chi connectivity index (χ0) is 10.7. The molecule has 0 aromatic heterocycles. The largest absolute Gasteiger partial charge is 0.388 e. The molecule has 0 radical (unpaired) electrons. The van der Waals surface area contributed by atoms with Crippen molar-refractivity contribution in [2.24, 2.45) is 0 Å². The second kappa shape index (κ2) is 4.79. The highest BCUT2D eigenvalue weighted by molar-refractivity contribution is 6.30. The third kappa shape index (κ3) is 3.06. The maximum atomic E-state index is 9.45. The van der Waals surface area contributed by atoms with Crippen molar-refractivity contribution in [3.63, 3.8) is 0 Å². The third-order valence-corrected chi connectivity index (χ3v) is 2.69. The molecule has 1 aliphatic heterocycles. The Balaban J connectivity index is 2.08. The van der Waals surface area contributed by atoms with E-state index in [0.717, 1.165) is 18.0 Å².